The van der Waals surface area contributed by atoms with Gasteiger partial charge in [0.15, 0.2) is 6.17 Å². The number of fused-ring (bicyclic) bond motifs is 1. The summed E-state index contributed by atoms with van der Waals surface area (Å²) in [5.74, 6) is -0.214. The highest BCUT2D eigenvalue weighted by molar-refractivity contribution is 6.22. The number of carbonyl (C=O) groups is 2. The lowest BCUT2D eigenvalue weighted by molar-refractivity contribution is 0.0818. The summed E-state index contributed by atoms with van der Waals surface area (Å²) in [6.07, 6.45) is -0.626. The number of anilines is 2. The molecule has 1 unspecified atom stereocenters. The van der Waals surface area contributed by atoms with E-state index in [1.807, 2.05) is 47.4 Å². The van der Waals surface area contributed by atoms with E-state index in [9.17, 15) is 9.59 Å². The maximum atomic E-state index is 12.3. The summed E-state index contributed by atoms with van der Waals surface area (Å²) in [6.45, 7) is 0. The molecule has 0 fully saturated rings. The highest BCUT2D eigenvalue weighted by Crippen LogP contribution is 2.40. The minimum Gasteiger partial charge on any atom is -0.325 e. The van der Waals surface area contributed by atoms with Crippen molar-refractivity contribution in [1.82, 2.24) is 5.32 Å². The van der Waals surface area contributed by atoms with Crippen LogP contribution in [0.5, 0.6) is 0 Å². The molecule has 92 valence electrons. The average molecular weight is 250 g/mol. The first-order valence-corrected chi connectivity index (χ1v) is 6.10. The number of hydrogen-bond acceptors (Lipinski definition) is 3. The highest BCUT2D eigenvalue weighted by atomic mass is 16.2. The predicted octanol–water partition coefficient (Wildman–Crippen LogP) is 2.09. The average Bonchev–Trinajstić information content (AvgIpc) is 2.45. The number of benzene rings is 2. The van der Waals surface area contributed by atoms with Crippen LogP contribution in [0.25, 0.3) is 0 Å². The standard InChI is InChI=1S/C15H10N2O2/c18-13-10-7-4-8-11-12(10)15(19)16-14(13)17(11)9-5-2-1-3-6-9/h1-8,14H,(H,16,19). The van der Waals surface area contributed by atoms with Crippen LogP contribution in [0, 0.1) is 0 Å². The number of hydrogen-bond donors (Lipinski definition) is 1. The summed E-state index contributed by atoms with van der Waals surface area (Å²) >= 11 is 0. The molecule has 2 aromatic carbocycles. The lowest BCUT2D eigenvalue weighted by Crippen LogP contribution is -2.59. The second-order valence-corrected chi connectivity index (χ2v) is 4.65. The van der Waals surface area contributed by atoms with Crippen molar-refractivity contribution < 1.29 is 9.59 Å². The molecular formula is C15H10N2O2. The minimum absolute atomic E-state index is 0.0495. The third-order valence-electron chi connectivity index (χ3n) is 3.60. The van der Waals surface area contributed by atoms with Crippen molar-refractivity contribution in [3.63, 3.8) is 0 Å². The molecule has 0 saturated carbocycles. The van der Waals surface area contributed by atoms with Crippen LogP contribution in [0.15, 0.2) is 48.5 Å². The monoisotopic (exact) mass is 250 g/mol. The fraction of sp³-hybridized carbons (Fsp3) is 0.0667. The summed E-state index contributed by atoms with van der Waals surface area (Å²) in [5, 5.41) is 2.75. The Balaban J connectivity index is 2.01. The van der Waals surface area contributed by atoms with Gasteiger partial charge in [0.05, 0.1) is 11.3 Å². The zero-order chi connectivity index (χ0) is 13.0. The molecule has 3 aliphatic rings. The Morgan fingerprint density at radius 3 is 2.53 bits per heavy atom. The van der Waals surface area contributed by atoms with Crippen LogP contribution in [0.2, 0.25) is 0 Å². The molecule has 1 atom stereocenters. The van der Waals surface area contributed by atoms with E-state index in [2.05, 4.69) is 5.32 Å². The second-order valence-electron chi connectivity index (χ2n) is 4.65. The van der Waals surface area contributed by atoms with Gasteiger partial charge in [0.1, 0.15) is 0 Å². The van der Waals surface area contributed by atoms with Crippen molar-refractivity contribution in [3.8, 4) is 0 Å². The molecule has 0 radical (unpaired) electrons. The van der Waals surface area contributed by atoms with Gasteiger partial charge in [0.2, 0.25) is 5.78 Å². The first-order valence-electron chi connectivity index (χ1n) is 6.10. The molecule has 2 aromatic rings. The molecule has 4 bridgehead atoms. The van der Waals surface area contributed by atoms with E-state index >= 15 is 0 Å². The number of amides is 1. The van der Waals surface area contributed by atoms with Crippen molar-refractivity contribution >= 4 is 23.1 Å². The molecule has 0 aliphatic carbocycles. The van der Waals surface area contributed by atoms with Crippen molar-refractivity contribution in [1.29, 1.82) is 0 Å². The summed E-state index contributed by atoms with van der Waals surface area (Å²) < 4.78 is 0. The smallest absolute Gasteiger partial charge is 0.256 e. The van der Waals surface area contributed by atoms with Crippen molar-refractivity contribution in [2.24, 2.45) is 0 Å². The Bertz CT molecular complexity index is 709. The molecule has 4 nitrogen and oxygen atoms in total. The van der Waals surface area contributed by atoms with Crippen LogP contribution in [0.4, 0.5) is 11.4 Å². The molecule has 3 heterocycles. The summed E-state index contributed by atoms with van der Waals surface area (Å²) in [7, 11) is 0. The topological polar surface area (TPSA) is 49.4 Å². The highest BCUT2D eigenvalue weighted by Gasteiger charge is 2.44. The predicted molar refractivity (Wildman–Crippen MR) is 70.6 cm³/mol. The molecule has 1 amide bonds. The Morgan fingerprint density at radius 2 is 1.74 bits per heavy atom. The van der Waals surface area contributed by atoms with Crippen molar-refractivity contribution in [2.45, 2.75) is 6.17 Å². The summed E-state index contributed by atoms with van der Waals surface area (Å²) in [5.41, 5.74) is 2.72. The maximum Gasteiger partial charge on any atom is 0.256 e. The SMILES string of the molecule is O=C1NC2C(=O)c3cccc(c31)N2c1ccccc1. The van der Waals surface area contributed by atoms with Gasteiger partial charge in [-0.15, -0.1) is 0 Å². The first kappa shape index (κ1) is 10.3. The summed E-state index contributed by atoms with van der Waals surface area (Å²) in [6, 6.07) is 15.0. The normalized spacial score (nSPS) is 19.6. The number of ketones is 1. The van der Waals surface area contributed by atoms with Gasteiger partial charge in [-0.1, -0.05) is 30.3 Å². The quantitative estimate of drug-likeness (QED) is 0.843. The number of para-hydroxylation sites is 1. The van der Waals surface area contributed by atoms with Gasteiger partial charge in [0, 0.05) is 11.3 Å². The number of nitrogens with one attached hydrogen (secondary N) is 1. The molecule has 0 aromatic heterocycles. The molecule has 0 saturated heterocycles. The van der Waals surface area contributed by atoms with Gasteiger partial charge in [-0.3, -0.25) is 9.59 Å². The number of rotatable bonds is 1. The zero-order valence-electron chi connectivity index (χ0n) is 9.96. The lowest BCUT2D eigenvalue weighted by atomic mass is 9.89. The van der Waals surface area contributed by atoms with Crippen LogP contribution in [-0.4, -0.2) is 17.9 Å². The third kappa shape index (κ3) is 1.23. The Hall–Kier alpha value is -2.62. The Labute approximate surface area is 109 Å². The van der Waals surface area contributed by atoms with Crippen LogP contribution >= 0.6 is 0 Å². The van der Waals surface area contributed by atoms with Gasteiger partial charge < -0.3 is 10.2 Å². The Morgan fingerprint density at radius 1 is 0.947 bits per heavy atom. The van der Waals surface area contributed by atoms with Crippen LogP contribution in [-0.2, 0) is 0 Å². The molecular weight excluding hydrogens is 240 g/mol. The molecule has 4 heteroatoms. The Kier molecular flexibility index (Phi) is 1.87. The van der Waals surface area contributed by atoms with Crippen LogP contribution in [0.1, 0.15) is 20.7 Å². The van der Waals surface area contributed by atoms with Crippen molar-refractivity contribution in [3.05, 3.63) is 59.7 Å². The van der Waals surface area contributed by atoms with E-state index in [0.717, 1.165) is 11.4 Å². The van der Waals surface area contributed by atoms with Gasteiger partial charge >= 0.3 is 0 Å². The van der Waals surface area contributed by atoms with Gasteiger partial charge in [-0.05, 0) is 18.2 Å². The van der Waals surface area contributed by atoms with E-state index in [1.165, 1.54) is 0 Å². The number of carbonyl (C=O) groups excluding carboxylic acids is 2. The van der Waals surface area contributed by atoms with Gasteiger partial charge in [-0.25, -0.2) is 0 Å². The van der Waals surface area contributed by atoms with Crippen LogP contribution in [0.3, 0.4) is 0 Å². The van der Waals surface area contributed by atoms with E-state index in [4.69, 9.17) is 0 Å². The van der Waals surface area contributed by atoms with E-state index in [-0.39, 0.29) is 11.7 Å². The van der Waals surface area contributed by atoms with E-state index < -0.39 is 6.17 Å². The largest absolute Gasteiger partial charge is 0.325 e. The van der Waals surface area contributed by atoms with Gasteiger partial charge in [0.25, 0.3) is 5.91 Å². The summed E-state index contributed by atoms with van der Waals surface area (Å²) in [4.78, 5) is 26.2. The zero-order valence-corrected chi connectivity index (χ0v) is 9.96. The number of nitrogens with zero attached hydrogens (tertiary/aromatic N) is 1. The fourth-order valence-electron chi connectivity index (χ4n) is 2.79. The first-order chi connectivity index (χ1) is 9.27. The lowest BCUT2D eigenvalue weighted by Gasteiger charge is -2.42. The molecule has 1 N–H and O–H groups in total. The van der Waals surface area contributed by atoms with E-state index in [0.29, 0.717) is 11.1 Å². The molecule has 19 heavy (non-hydrogen) atoms. The van der Waals surface area contributed by atoms with E-state index in [1.54, 1.807) is 6.07 Å². The van der Waals surface area contributed by atoms with Crippen molar-refractivity contribution in [2.75, 3.05) is 4.90 Å². The maximum absolute atomic E-state index is 12.3. The fourth-order valence-corrected chi connectivity index (χ4v) is 2.79. The van der Waals surface area contributed by atoms with Crippen LogP contribution < -0.4 is 10.2 Å². The third-order valence-corrected chi connectivity index (χ3v) is 3.60. The number of Topliss-reactive ketones (excluding diaryl/α,β-unsaturated/α-hetero) is 1. The second kappa shape index (κ2) is 3.45. The minimum atomic E-state index is -0.626. The molecule has 5 rings (SSSR count). The molecule has 3 aliphatic heterocycles. The molecule has 0 spiro atoms. The van der Waals surface area contributed by atoms with Gasteiger partial charge in [-0.2, -0.15) is 0 Å².